The van der Waals surface area contributed by atoms with Crippen LogP contribution in [0, 0.1) is 0 Å². The molecule has 0 aliphatic rings. The molecule has 0 saturated carbocycles. The van der Waals surface area contributed by atoms with Crippen LogP contribution in [0.5, 0.6) is 0 Å². The number of unbranched alkanes of at least 4 members (excludes halogenated alkanes) is 16. The molecule has 240 valence electrons. The third-order valence-electron chi connectivity index (χ3n) is 8.04. The highest BCUT2D eigenvalue weighted by Gasteiger charge is 2.13. The molecule has 0 aromatic heterocycles. The van der Waals surface area contributed by atoms with Crippen LogP contribution < -0.4 is 5.73 Å². The predicted molar refractivity (Wildman–Crippen MR) is 171 cm³/mol. The van der Waals surface area contributed by atoms with E-state index in [1.807, 2.05) is 0 Å². The molecule has 1 atom stereocenters. The van der Waals surface area contributed by atoms with Crippen LogP contribution in [0.15, 0.2) is 0 Å². The van der Waals surface area contributed by atoms with Crippen LogP contribution in [0.1, 0.15) is 168 Å². The van der Waals surface area contributed by atoms with Crippen LogP contribution >= 0.6 is 0 Å². The average Bonchev–Trinajstić information content (AvgIpc) is 2.94. The molecule has 0 saturated heterocycles. The van der Waals surface area contributed by atoms with E-state index in [4.69, 9.17) is 20.3 Å². The second-order valence-corrected chi connectivity index (χ2v) is 11.9. The summed E-state index contributed by atoms with van der Waals surface area (Å²) in [5, 5.41) is 8.77. The lowest BCUT2D eigenvalue weighted by Crippen LogP contribution is -2.37. The summed E-state index contributed by atoms with van der Waals surface area (Å²) >= 11 is 0. The van der Waals surface area contributed by atoms with Gasteiger partial charge in [-0.25, -0.2) is 0 Å². The van der Waals surface area contributed by atoms with Crippen LogP contribution in [-0.4, -0.2) is 61.2 Å². The number of nitrogens with two attached hydrogens (primary N) is 1. The fourth-order valence-corrected chi connectivity index (χ4v) is 5.36. The fraction of sp³-hybridized carbons (Fsp3) is 0.971. The summed E-state index contributed by atoms with van der Waals surface area (Å²) in [5.41, 5.74) is 5.91. The first kappa shape index (κ1) is 39.3. The third-order valence-corrected chi connectivity index (χ3v) is 8.04. The Morgan fingerprint density at radius 2 is 1.12 bits per heavy atom. The number of carboxylic acids is 1. The molecule has 0 aliphatic carbocycles. The van der Waals surface area contributed by atoms with Crippen molar-refractivity contribution in [3.63, 3.8) is 0 Å². The average molecular weight is 571 g/mol. The number of rotatable bonds is 33. The van der Waals surface area contributed by atoms with Crippen molar-refractivity contribution in [1.82, 2.24) is 4.90 Å². The number of hydrogen-bond donors (Lipinski definition) is 2. The van der Waals surface area contributed by atoms with Gasteiger partial charge in [-0.05, 0) is 58.4 Å². The molecule has 1 unspecified atom stereocenters. The molecular weight excluding hydrogens is 500 g/mol. The van der Waals surface area contributed by atoms with Crippen molar-refractivity contribution in [2.75, 3.05) is 32.8 Å². The van der Waals surface area contributed by atoms with E-state index in [1.54, 1.807) is 0 Å². The van der Waals surface area contributed by atoms with E-state index >= 15 is 0 Å². The lowest BCUT2D eigenvalue weighted by molar-refractivity contribution is -0.148. The van der Waals surface area contributed by atoms with Crippen molar-refractivity contribution in [1.29, 1.82) is 0 Å². The second-order valence-electron chi connectivity index (χ2n) is 11.9. The second kappa shape index (κ2) is 31.3. The minimum atomic E-state index is -0.681. The highest BCUT2D eigenvalue weighted by molar-refractivity contribution is 5.66. The number of ether oxygens (including phenoxy) is 2. The SMILES string of the molecule is CCCCCCCCOC(CCCCCCN(CCN)C(C)CCCCCCC(=O)O)OCCCCCCCC. The maximum Gasteiger partial charge on any atom is 0.303 e. The minimum Gasteiger partial charge on any atom is -0.481 e. The van der Waals surface area contributed by atoms with Gasteiger partial charge in [0.2, 0.25) is 0 Å². The van der Waals surface area contributed by atoms with Crippen LogP contribution in [0.2, 0.25) is 0 Å². The largest absolute Gasteiger partial charge is 0.481 e. The van der Waals surface area contributed by atoms with Crippen molar-refractivity contribution in [3.05, 3.63) is 0 Å². The van der Waals surface area contributed by atoms with E-state index < -0.39 is 5.97 Å². The van der Waals surface area contributed by atoms with Crippen LogP contribution in [0.25, 0.3) is 0 Å². The van der Waals surface area contributed by atoms with E-state index in [9.17, 15) is 4.79 Å². The van der Waals surface area contributed by atoms with Gasteiger partial charge in [-0.2, -0.15) is 0 Å². The zero-order valence-electron chi connectivity index (χ0n) is 27.2. The molecule has 6 heteroatoms. The lowest BCUT2D eigenvalue weighted by Gasteiger charge is -2.29. The summed E-state index contributed by atoms with van der Waals surface area (Å²) in [6.07, 6.45) is 26.9. The molecule has 3 N–H and O–H groups in total. The Morgan fingerprint density at radius 1 is 0.650 bits per heavy atom. The third kappa shape index (κ3) is 27.5. The van der Waals surface area contributed by atoms with Crippen molar-refractivity contribution in [2.24, 2.45) is 5.73 Å². The normalized spacial score (nSPS) is 12.6. The Morgan fingerprint density at radius 3 is 1.68 bits per heavy atom. The molecule has 0 heterocycles. The van der Waals surface area contributed by atoms with E-state index in [1.165, 1.54) is 103 Å². The Labute approximate surface area is 249 Å². The molecule has 0 bridgehead atoms. The molecule has 0 rings (SSSR count). The molecule has 40 heavy (non-hydrogen) atoms. The predicted octanol–water partition coefficient (Wildman–Crippen LogP) is 9.09. The smallest absolute Gasteiger partial charge is 0.303 e. The molecule has 0 fully saturated rings. The Balaban J connectivity index is 4.18. The highest BCUT2D eigenvalue weighted by Crippen LogP contribution is 2.16. The van der Waals surface area contributed by atoms with Gasteiger partial charge in [0.15, 0.2) is 6.29 Å². The number of nitrogens with zero attached hydrogens (tertiary/aromatic N) is 1. The number of carbonyl (C=O) groups is 1. The number of hydrogen-bond acceptors (Lipinski definition) is 5. The van der Waals surface area contributed by atoms with Crippen molar-refractivity contribution < 1.29 is 19.4 Å². The van der Waals surface area contributed by atoms with E-state index in [0.29, 0.717) is 19.0 Å². The monoisotopic (exact) mass is 571 g/mol. The van der Waals surface area contributed by atoms with Crippen molar-refractivity contribution in [2.45, 2.75) is 181 Å². The summed E-state index contributed by atoms with van der Waals surface area (Å²) in [6.45, 7) is 11.3. The van der Waals surface area contributed by atoms with Gasteiger partial charge in [-0.15, -0.1) is 0 Å². The molecule has 0 aromatic rings. The first-order chi connectivity index (χ1) is 19.5. The Bertz CT molecular complexity index is 502. The lowest BCUT2D eigenvalue weighted by atomic mass is 10.1. The maximum atomic E-state index is 10.7. The maximum absolute atomic E-state index is 10.7. The Kier molecular flexibility index (Phi) is 30.7. The number of aliphatic carboxylic acids is 1. The summed E-state index contributed by atoms with van der Waals surface area (Å²) in [7, 11) is 0. The molecule has 0 aromatic carbocycles. The summed E-state index contributed by atoms with van der Waals surface area (Å²) in [6, 6.07) is 0.540. The molecule has 0 radical (unpaired) electrons. The van der Waals surface area contributed by atoms with Gasteiger partial charge in [0.1, 0.15) is 0 Å². The summed E-state index contributed by atoms with van der Waals surface area (Å²) < 4.78 is 12.4. The summed E-state index contributed by atoms with van der Waals surface area (Å²) in [5.74, 6) is -0.681. The van der Waals surface area contributed by atoms with Crippen molar-refractivity contribution >= 4 is 5.97 Å². The summed E-state index contributed by atoms with van der Waals surface area (Å²) in [4.78, 5) is 13.2. The van der Waals surface area contributed by atoms with Gasteiger partial charge in [0, 0.05) is 38.8 Å². The van der Waals surface area contributed by atoms with Gasteiger partial charge < -0.3 is 20.3 Å². The quantitative estimate of drug-likeness (QED) is 0.0604. The van der Waals surface area contributed by atoms with Gasteiger partial charge >= 0.3 is 5.97 Å². The van der Waals surface area contributed by atoms with Gasteiger partial charge in [-0.3, -0.25) is 9.69 Å². The van der Waals surface area contributed by atoms with Crippen LogP contribution in [-0.2, 0) is 14.3 Å². The molecule has 0 amide bonds. The van der Waals surface area contributed by atoms with Crippen molar-refractivity contribution in [3.8, 4) is 0 Å². The highest BCUT2D eigenvalue weighted by atomic mass is 16.7. The van der Waals surface area contributed by atoms with E-state index in [-0.39, 0.29) is 6.29 Å². The first-order valence-corrected chi connectivity index (χ1v) is 17.4. The zero-order valence-corrected chi connectivity index (χ0v) is 27.2. The molecule has 6 nitrogen and oxygen atoms in total. The fourth-order valence-electron chi connectivity index (χ4n) is 5.36. The number of carboxylic acid groups (broad SMARTS) is 1. The van der Waals surface area contributed by atoms with Gasteiger partial charge in [0.05, 0.1) is 0 Å². The first-order valence-electron chi connectivity index (χ1n) is 17.4. The van der Waals surface area contributed by atoms with Crippen LogP contribution in [0.4, 0.5) is 0 Å². The standard InChI is InChI=1S/C34H70N2O4/c1-4-6-8-10-16-22-30-39-34(40-31-23-17-11-9-7-5-2)26-20-14-15-21-28-36(29-27-35)32(3)24-18-12-13-19-25-33(37)38/h32,34H,4-31,35H2,1-3H3,(H,37,38). The molecule has 0 spiro atoms. The van der Waals surface area contributed by atoms with Gasteiger partial charge in [-0.1, -0.05) is 110 Å². The van der Waals surface area contributed by atoms with E-state index in [0.717, 1.165) is 64.8 Å². The minimum absolute atomic E-state index is 0.0319. The van der Waals surface area contributed by atoms with Gasteiger partial charge in [0.25, 0.3) is 0 Å². The van der Waals surface area contributed by atoms with E-state index in [2.05, 4.69) is 25.7 Å². The van der Waals surface area contributed by atoms with Crippen LogP contribution in [0.3, 0.4) is 0 Å². The molecular formula is C34H70N2O4. The molecule has 0 aliphatic heterocycles. The zero-order chi connectivity index (χ0) is 29.5. The Hall–Kier alpha value is -0.690. The topological polar surface area (TPSA) is 85.0 Å².